The van der Waals surface area contributed by atoms with Gasteiger partial charge in [-0.1, -0.05) is 61.3 Å². The van der Waals surface area contributed by atoms with Gasteiger partial charge >= 0.3 is 0 Å². The lowest BCUT2D eigenvalue weighted by Gasteiger charge is -2.45. The number of para-hydroxylation sites is 1. The van der Waals surface area contributed by atoms with E-state index in [-0.39, 0.29) is 0 Å². The molecule has 0 radical (unpaired) electrons. The van der Waals surface area contributed by atoms with Crippen molar-refractivity contribution in [2.45, 2.75) is 37.7 Å². The van der Waals surface area contributed by atoms with E-state index in [2.05, 4.69) is 15.3 Å². The van der Waals surface area contributed by atoms with Crippen LogP contribution in [0, 0.1) is 0 Å². The van der Waals surface area contributed by atoms with E-state index < -0.39 is 11.0 Å². The van der Waals surface area contributed by atoms with Gasteiger partial charge in [0, 0.05) is 16.0 Å². The predicted octanol–water partition coefficient (Wildman–Crippen LogP) is 5.18. The van der Waals surface area contributed by atoms with Crippen molar-refractivity contribution >= 4 is 34.2 Å². The summed E-state index contributed by atoms with van der Waals surface area (Å²) in [7, 11) is 0. The van der Waals surface area contributed by atoms with Gasteiger partial charge in [-0.05, 0) is 50.2 Å². The number of aromatic nitrogens is 4. The zero-order valence-electron chi connectivity index (χ0n) is 18.5. The molecular formula is C25H25Cl2N5O. The number of fused-ring (bicyclic) bond motifs is 1. The largest absolute Gasteiger partial charge is 0.389 e. The first-order valence-electron chi connectivity index (χ1n) is 11.0. The molecule has 1 saturated heterocycles. The van der Waals surface area contributed by atoms with Crippen LogP contribution in [0.3, 0.4) is 0 Å². The summed E-state index contributed by atoms with van der Waals surface area (Å²) in [5.74, 6) is 0. The Morgan fingerprint density at radius 3 is 2.36 bits per heavy atom. The van der Waals surface area contributed by atoms with Crippen LogP contribution in [-0.2, 0) is 5.41 Å². The highest BCUT2D eigenvalue weighted by Crippen LogP contribution is 2.43. The Kier molecular flexibility index (Phi) is 5.65. The number of rotatable bonds is 4. The fourth-order valence-electron chi connectivity index (χ4n) is 4.70. The molecule has 4 aromatic rings. The van der Waals surface area contributed by atoms with Crippen LogP contribution >= 0.6 is 23.2 Å². The van der Waals surface area contributed by atoms with Gasteiger partial charge in [-0.25, -0.2) is 14.6 Å². The number of aliphatic hydroxyl groups is 1. The maximum absolute atomic E-state index is 11.6. The van der Waals surface area contributed by atoms with Crippen molar-refractivity contribution in [2.75, 3.05) is 13.1 Å². The number of hydrogen-bond donors (Lipinski definition) is 2. The molecule has 170 valence electrons. The quantitative estimate of drug-likeness (QED) is 0.419. The maximum Gasteiger partial charge on any atom is 0.134 e. The predicted molar refractivity (Wildman–Crippen MR) is 132 cm³/mol. The van der Waals surface area contributed by atoms with Gasteiger partial charge in [0.2, 0.25) is 0 Å². The third kappa shape index (κ3) is 3.71. The molecule has 0 amide bonds. The van der Waals surface area contributed by atoms with Crippen molar-refractivity contribution in [1.82, 2.24) is 25.1 Å². The Balaban J connectivity index is 1.79. The van der Waals surface area contributed by atoms with Gasteiger partial charge in [-0.15, -0.1) is 0 Å². The van der Waals surface area contributed by atoms with E-state index in [4.69, 9.17) is 28.3 Å². The van der Waals surface area contributed by atoms with Crippen LogP contribution in [0.2, 0.25) is 10.0 Å². The first-order chi connectivity index (χ1) is 15.8. The molecule has 5 rings (SSSR count). The van der Waals surface area contributed by atoms with E-state index in [9.17, 15) is 5.11 Å². The summed E-state index contributed by atoms with van der Waals surface area (Å²) in [4.78, 5) is 9.29. The molecule has 0 unspecified atom stereocenters. The second-order valence-electron chi connectivity index (χ2n) is 9.04. The summed E-state index contributed by atoms with van der Waals surface area (Å²) in [5.41, 5.74) is 2.97. The van der Waals surface area contributed by atoms with Crippen molar-refractivity contribution in [3.8, 4) is 16.9 Å². The third-order valence-electron chi connectivity index (χ3n) is 6.84. The Labute approximate surface area is 202 Å². The average molecular weight is 482 g/mol. The average Bonchev–Trinajstić information content (AvgIpc) is 3.19. The SMILES string of the molecule is CC(C)(c1ncnc2c(-c3ccc(Cl)cc3)n(-c3ccccc3Cl)nc12)C1(O)CCNCC1. The lowest BCUT2D eigenvalue weighted by Crippen LogP contribution is -2.54. The standard InChI is InChI=1S/C25H25Cl2N5O/c1-24(2,25(33)11-13-28-14-12-25)23-21-20(29-15-30-23)22(16-7-9-17(26)10-8-16)32(31-21)19-6-4-3-5-18(19)27/h3-10,15,28,33H,11-14H2,1-2H3. The first-order valence-corrected chi connectivity index (χ1v) is 11.8. The van der Waals surface area contributed by atoms with Gasteiger partial charge in [0.1, 0.15) is 23.1 Å². The second kappa shape index (κ2) is 8.37. The molecule has 2 N–H and O–H groups in total. The smallest absolute Gasteiger partial charge is 0.134 e. The van der Waals surface area contributed by atoms with Gasteiger partial charge in [0.05, 0.1) is 22.0 Å². The molecule has 1 fully saturated rings. The van der Waals surface area contributed by atoms with E-state index in [1.165, 1.54) is 0 Å². The molecule has 1 aliphatic heterocycles. The van der Waals surface area contributed by atoms with Crippen molar-refractivity contribution in [2.24, 2.45) is 0 Å². The fraction of sp³-hybridized carbons (Fsp3) is 0.320. The van der Waals surface area contributed by atoms with E-state index in [0.29, 0.717) is 33.9 Å². The van der Waals surface area contributed by atoms with Crippen LogP contribution in [0.25, 0.3) is 28.0 Å². The monoisotopic (exact) mass is 481 g/mol. The maximum atomic E-state index is 11.6. The molecular weight excluding hydrogens is 457 g/mol. The molecule has 2 aromatic heterocycles. The van der Waals surface area contributed by atoms with Gasteiger partial charge in [-0.2, -0.15) is 5.10 Å². The summed E-state index contributed by atoms with van der Waals surface area (Å²) >= 11 is 12.7. The summed E-state index contributed by atoms with van der Waals surface area (Å²) in [6, 6.07) is 15.1. The van der Waals surface area contributed by atoms with E-state index in [0.717, 1.165) is 35.7 Å². The van der Waals surface area contributed by atoms with Gasteiger partial charge in [-0.3, -0.25) is 0 Å². The van der Waals surface area contributed by atoms with Crippen molar-refractivity contribution in [1.29, 1.82) is 0 Å². The highest BCUT2D eigenvalue weighted by Gasteiger charge is 2.47. The molecule has 33 heavy (non-hydrogen) atoms. The first kappa shape index (κ1) is 22.3. The molecule has 0 spiro atoms. The molecule has 0 saturated carbocycles. The minimum Gasteiger partial charge on any atom is -0.389 e. The Morgan fingerprint density at radius 1 is 0.970 bits per heavy atom. The molecule has 2 aromatic carbocycles. The molecule has 1 aliphatic rings. The second-order valence-corrected chi connectivity index (χ2v) is 9.89. The number of nitrogens with one attached hydrogen (secondary N) is 1. The van der Waals surface area contributed by atoms with Crippen molar-refractivity contribution in [3.63, 3.8) is 0 Å². The third-order valence-corrected chi connectivity index (χ3v) is 7.41. The topological polar surface area (TPSA) is 75.9 Å². The van der Waals surface area contributed by atoms with Gasteiger partial charge in [0.15, 0.2) is 0 Å². The van der Waals surface area contributed by atoms with Crippen LogP contribution in [0.15, 0.2) is 54.9 Å². The summed E-state index contributed by atoms with van der Waals surface area (Å²) in [6.07, 6.45) is 2.84. The zero-order chi connectivity index (χ0) is 23.2. The van der Waals surface area contributed by atoms with E-state index in [1.807, 2.05) is 67.1 Å². The van der Waals surface area contributed by atoms with Crippen molar-refractivity contribution in [3.05, 3.63) is 70.6 Å². The van der Waals surface area contributed by atoms with Crippen LogP contribution in [0.5, 0.6) is 0 Å². The Bertz CT molecular complexity index is 1310. The molecule has 0 atom stereocenters. The lowest BCUT2D eigenvalue weighted by molar-refractivity contribution is -0.0514. The zero-order valence-corrected chi connectivity index (χ0v) is 20.0. The Hall–Kier alpha value is -2.51. The normalized spacial score (nSPS) is 16.3. The molecule has 3 heterocycles. The van der Waals surface area contributed by atoms with Crippen LogP contribution < -0.4 is 5.32 Å². The van der Waals surface area contributed by atoms with Crippen molar-refractivity contribution < 1.29 is 5.11 Å². The minimum absolute atomic E-state index is 0.575. The number of benzene rings is 2. The highest BCUT2D eigenvalue weighted by molar-refractivity contribution is 6.32. The Morgan fingerprint density at radius 2 is 1.67 bits per heavy atom. The number of nitrogens with zero attached hydrogens (tertiary/aromatic N) is 4. The number of halogens is 2. The van der Waals surface area contributed by atoms with E-state index in [1.54, 1.807) is 6.33 Å². The van der Waals surface area contributed by atoms with E-state index >= 15 is 0 Å². The molecule has 0 aliphatic carbocycles. The number of hydrogen-bond acceptors (Lipinski definition) is 5. The minimum atomic E-state index is -0.909. The lowest BCUT2D eigenvalue weighted by atomic mass is 9.67. The molecule has 8 heteroatoms. The van der Waals surface area contributed by atoms with Gasteiger partial charge in [0.25, 0.3) is 0 Å². The summed E-state index contributed by atoms with van der Waals surface area (Å²) < 4.78 is 1.82. The fourth-order valence-corrected chi connectivity index (χ4v) is 5.05. The number of piperidine rings is 1. The molecule has 0 bridgehead atoms. The summed E-state index contributed by atoms with van der Waals surface area (Å²) in [5, 5.41) is 21.2. The highest BCUT2D eigenvalue weighted by atomic mass is 35.5. The van der Waals surface area contributed by atoms with Gasteiger partial charge < -0.3 is 10.4 Å². The van der Waals surface area contributed by atoms with Crippen LogP contribution in [0.4, 0.5) is 0 Å². The van der Waals surface area contributed by atoms with Crippen LogP contribution in [-0.4, -0.2) is 43.5 Å². The molecule has 6 nitrogen and oxygen atoms in total. The van der Waals surface area contributed by atoms with Crippen LogP contribution in [0.1, 0.15) is 32.4 Å². The summed E-state index contributed by atoms with van der Waals surface area (Å²) in [6.45, 7) is 5.60.